The first-order valence-electron chi connectivity index (χ1n) is 4.73. The molecule has 1 heterocycles. The predicted molar refractivity (Wildman–Crippen MR) is 52.2 cm³/mol. The summed E-state index contributed by atoms with van der Waals surface area (Å²) < 4.78 is 38.4. The molecule has 0 aliphatic carbocycles. The SMILES string of the molecule is CC(C)Cn1c(C(F)(F)F)cc(O)cc1=O. The molecule has 0 amide bonds. The fraction of sp³-hybridized carbons (Fsp3) is 0.500. The van der Waals surface area contributed by atoms with Gasteiger partial charge >= 0.3 is 6.18 Å². The van der Waals surface area contributed by atoms with Gasteiger partial charge in [-0.2, -0.15) is 13.2 Å². The third-order valence-electron chi connectivity index (χ3n) is 1.95. The number of hydrogen-bond acceptors (Lipinski definition) is 2. The highest BCUT2D eigenvalue weighted by molar-refractivity contribution is 5.24. The quantitative estimate of drug-likeness (QED) is 0.854. The number of aromatic nitrogens is 1. The summed E-state index contributed by atoms with van der Waals surface area (Å²) in [5.74, 6) is -0.763. The molecule has 0 bridgehead atoms. The molecule has 1 aromatic heterocycles. The summed E-state index contributed by atoms with van der Waals surface area (Å²) in [4.78, 5) is 11.3. The minimum Gasteiger partial charge on any atom is -0.508 e. The molecule has 0 spiro atoms. The van der Waals surface area contributed by atoms with Crippen LogP contribution in [0.25, 0.3) is 0 Å². The Morgan fingerprint density at radius 3 is 2.38 bits per heavy atom. The van der Waals surface area contributed by atoms with Gasteiger partial charge in [-0.15, -0.1) is 0 Å². The van der Waals surface area contributed by atoms with Gasteiger partial charge in [0, 0.05) is 18.7 Å². The molecule has 6 heteroatoms. The largest absolute Gasteiger partial charge is 0.508 e. The van der Waals surface area contributed by atoms with Gasteiger partial charge in [0.2, 0.25) is 0 Å². The van der Waals surface area contributed by atoms with Crippen molar-refractivity contribution in [3.8, 4) is 5.75 Å². The van der Waals surface area contributed by atoms with Gasteiger partial charge in [0.25, 0.3) is 5.56 Å². The van der Waals surface area contributed by atoms with Crippen LogP contribution in [0.4, 0.5) is 13.2 Å². The van der Waals surface area contributed by atoms with E-state index in [4.69, 9.17) is 5.11 Å². The van der Waals surface area contributed by atoms with Crippen molar-refractivity contribution in [1.82, 2.24) is 4.57 Å². The molecule has 1 rings (SSSR count). The van der Waals surface area contributed by atoms with E-state index < -0.39 is 23.2 Å². The zero-order chi connectivity index (χ0) is 12.5. The molecule has 0 atom stereocenters. The highest BCUT2D eigenvalue weighted by Crippen LogP contribution is 2.30. The smallest absolute Gasteiger partial charge is 0.431 e. The standard InChI is InChI=1S/C10H12F3NO2/c1-6(2)5-14-8(10(11,12)13)3-7(15)4-9(14)16/h3-4,6,15H,5H2,1-2H3. The van der Waals surface area contributed by atoms with E-state index >= 15 is 0 Å². The maximum atomic E-state index is 12.6. The summed E-state index contributed by atoms with van der Waals surface area (Å²) in [6, 6.07) is 1.33. The molecule has 1 aromatic rings. The van der Waals surface area contributed by atoms with Crippen molar-refractivity contribution < 1.29 is 18.3 Å². The molecule has 0 fully saturated rings. The van der Waals surface area contributed by atoms with Crippen LogP contribution in [0.15, 0.2) is 16.9 Å². The lowest BCUT2D eigenvalue weighted by molar-refractivity contribution is -0.144. The molecule has 0 saturated carbocycles. The minimum absolute atomic E-state index is 0.0338. The van der Waals surface area contributed by atoms with Crippen molar-refractivity contribution in [2.45, 2.75) is 26.6 Å². The Bertz CT molecular complexity index is 435. The van der Waals surface area contributed by atoms with Crippen LogP contribution in [0.1, 0.15) is 19.5 Å². The van der Waals surface area contributed by atoms with E-state index in [-0.39, 0.29) is 12.5 Å². The molecule has 0 aliphatic rings. The van der Waals surface area contributed by atoms with E-state index in [0.29, 0.717) is 10.6 Å². The molecule has 0 unspecified atom stereocenters. The number of rotatable bonds is 2. The van der Waals surface area contributed by atoms with Crippen LogP contribution >= 0.6 is 0 Å². The molecule has 0 aromatic carbocycles. The lowest BCUT2D eigenvalue weighted by Gasteiger charge is -2.16. The fourth-order valence-corrected chi connectivity index (χ4v) is 1.37. The van der Waals surface area contributed by atoms with Gasteiger partial charge in [0.1, 0.15) is 11.4 Å². The Labute approximate surface area is 90.1 Å². The Hall–Kier alpha value is -1.46. The lowest BCUT2D eigenvalue weighted by atomic mass is 10.2. The average Bonchev–Trinajstić information content (AvgIpc) is 2.06. The Kier molecular flexibility index (Phi) is 3.30. The van der Waals surface area contributed by atoms with Gasteiger partial charge in [-0.1, -0.05) is 13.8 Å². The molecule has 0 saturated heterocycles. The number of hydrogen-bond donors (Lipinski definition) is 1. The van der Waals surface area contributed by atoms with Gasteiger partial charge in [-0.3, -0.25) is 4.79 Å². The number of nitrogens with zero attached hydrogens (tertiary/aromatic N) is 1. The molecule has 16 heavy (non-hydrogen) atoms. The first-order valence-corrected chi connectivity index (χ1v) is 4.73. The van der Waals surface area contributed by atoms with Crippen LogP contribution in [0, 0.1) is 5.92 Å². The number of pyridine rings is 1. The predicted octanol–water partition coefficient (Wildman–Crippen LogP) is 2.23. The summed E-state index contributed by atoms with van der Waals surface area (Å²) in [5, 5.41) is 9.00. The Morgan fingerprint density at radius 2 is 1.94 bits per heavy atom. The second kappa shape index (κ2) is 4.19. The molecule has 1 N–H and O–H groups in total. The van der Waals surface area contributed by atoms with Crippen molar-refractivity contribution >= 4 is 0 Å². The zero-order valence-electron chi connectivity index (χ0n) is 8.88. The third-order valence-corrected chi connectivity index (χ3v) is 1.95. The Balaban J connectivity index is 3.39. The maximum absolute atomic E-state index is 12.6. The van der Waals surface area contributed by atoms with Crippen LogP contribution in [-0.4, -0.2) is 9.67 Å². The first-order chi connectivity index (χ1) is 7.21. The van der Waals surface area contributed by atoms with Crippen molar-refractivity contribution in [3.05, 3.63) is 28.2 Å². The molecule has 3 nitrogen and oxygen atoms in total. The fourth-order valence-electron chi connectivity index (χ4n) is 1.37. The van der Waals surface area contributed by atoms with Gasteiger partial charge in [-0.05, 0) is 5.92 Å². The minimum atomic E-state index is -4.65. The molecule has 0 aliphatic heterocycles. The first kappa shape index (κ1) is 12.6. The van der Waals surface area contributed by atoms with Crippen LogP contribution in [0.3, 0.4) is 0 Å². The van der Waals surface area contributed by atoms with E-state index in [2.05, 4.69) is 0 Å². The highest BCUT2D eigenvalue weighted by atomic mass is 19.4. The summed E-state index contributed by atoms with van der Waals surface area (Å²) in [5.41, 5.74) is -1.97. The van der Waals surface area contributed by atoms with Crippen molar-refractivity contribution in [2.75, 3.05) is 0 Å². The monoisotopic (exact) mass is 235 g/mol. The van der Waals surface area contributed by atoms with Crippen LogP contribution in [0.2, 0.25) is 0 Å². The third kappa shape index (κ3) is 2.77. The molecule has 90 valence electrons. The van der Waals surface area contributed by atoms with Gasteiger partial charge in [0.05, 0.1) is 0 Å². The second-order valence-electron chi connectivity index (χ2n) is 3.94. The summed E-state index contributed by atoms with van der Waals surface area (Å²) in [6.45, 7) is 3.38. The van der Waals surface area contributed by atoms with Crippen molar-refractivity contribution in [1.29, 1.82) is 0 Å². The Morgan fingerprint density at radius 1 is 1.38 bits per heavy atom. The van der Waals surface area contributed by atoms with Crippen LogP contribution in [0.5, 0.6) is 5.75 Å². The number of alkyl halides is 3. The van der Waals surface area contributed by atoms with Gasteiger partial charge < -0.3 is 9.67 Å². The highest BCUT2D eigenvalue weighted by Gasteiger charge is 2.35. The summed E-state index contributed by atoms with van der Waals surface area (Å²) >= 11 is 0. The normalized spacial score (nSPS) is 12.1. The van der Waals surface area contributed by atoms with E-state index in [1.165, 1.54) is 0 Å². The second-order valence-corrected chi connectivity index (χ2v) is 3.94. The van der Waals surface area contributed by atoms with Crippen molar-refractivity contribution in [2.24, 2.45) is 5.92 Å². The average molecular weight is 235 g/mol. The van der Waals surface area contributed by atoms with E-state index in [9.17, 15) is 18.0 Å². The summed E-state index contributed by atoms with van der Waals surface area (Å²) in [7, 11) is 0. The van der Waals surface area contributed by atoms with E-state index in [1.807, 2.05) is 0 Å². The van der Waals surface area contributed by atoms with Crippen LogP contribution < -0.4 is 5.56 Å². The lowest BCUT2D eigenvalue weighted by Crippen LogP contribution is -2.28. The van der Waals surface area contributed by atoms with E-state index in [1.54, 1.807) is 13.8 Å². The zero-order valence-corrected chi connectivity index (χ0v) is 8.88. The van der Waals surface area contributed by atoms with Gasteiger partial charge in [0.15, 0.2) is 0 Å². The summed E-state index contributed by atoms with van der Waals surface area (Å²) in [6.07, 6.45) is -4.65. The van der Waals surface area contributed by atoms with E-state index in [0.717, 1.165) is 6.07 Å². The van der Waals surface area contributed by atoms with Gasteiger partial charge in [-0.25, -0.2) is 0 Å². The topological polar surface area (TPSA) is 42.2 Å². The number of halogens is 3. The van der Waals surface area contributed by atoms with Crippen LogP contribution in [-0.2, 0) is 12.7 Å². The molecular weight excluding hydrogens is 223 g/mol. The molecular formula is C10H12F3NO2. The molecule has 0 radical (unpaired) electrons. The maximum Gasteiger partial charge on any atom is 0.431 e. The van der Waals surface area contributed by atoms with Crippen molar-refractivity contribution in [3.63, 3.8) is 0 Å². The number of aromatic hydroxyl groups is 1.